The second-order valence-corrected chi connectivity index (χ2v) is 4.97. The van der Waals surface area contributed by atoms with Crippen LogP contribution in [0.2, 0.25) is 0 Å². The van der Waals surface area contributed by atoms with E-state index in [-0.39, 0.29) is 6.04 Å². The van der Waals surface area contributed by atoms with E-state index in [1.807, 2.05) is 0 Å². The van der Waals surface area contributed by atoms with Gasteiger partial charge >= 0.3 is 0 Å². The molecule has 0 bridgehead atoms. The van der Waals surface area contributed by atoms with Gasteiger partial charge in [-0.1, -0.05) is 31.5 Å². The van der Waals surface area contributed by atoms with Crippen molar-refractivity contribution in [2.45, 2.75) is 26.8 Å². The first-order valence-electron chi connectivity index (χ1n) is 5.69. The Balaban J connectivity index is 2.30. The summed E-state index contributed by atoms with van der Waals surface area (Å²) < 4.78 is 0. The average molecular weight is 204 g/mol. The molecule has 1 aromatic rings. The number of anilines is 1. The zero-order chi connectivity index (χ0) is 11.0. The number of nitrogens with zero attached hydrogens (tertiary/aromatic N) is 1. The second kappa shape index (κ2) is 3.86. The van der Waals surface area contributed by atoms with E-state index in [2.05, 4.69) is 43.9 Å². The summed E-state index contributed by atoms with van der Waals surface area (Å²) in [5.74, 6) is 0.685. The van der Waals surface area contributed by atoms with Gasteiger partial charge in [-0.3, -0.25) is 0 Å². The molecular formula is C13H20N2. The molecule has 0 spiro atoms. The van der Waals surface area contributed by atoms with Gasteiger partial charge < -0.3 is 10.6 Å². The average Bonchev–Trinajstić information content (AvgIpc) is 2.42. The first-order valence-corrected chi connectivity index (χ1v) is 5.69. The van der Waals surface area contributed by atoms with Crippen LogP contribution in [0.5, 0.6) is 0 Å². The van der Waals surface area contributed by atoms with Crippen LogP contribution in [0.25, 0.3) is 0 Å². The van der Waals surface area contributed by atoms with Crippen molar-refractivity contribution in [3.63, 3.8) is 0 Å². The first kappa shape index (κ1) is 10.5. The molecule has 1 atom stereocenters. The number of hydrogen-bond donors (Lipinski definition) is 1. The number of fused-ring (bicyclic) bond motifs is 1. The number of aryl methyl sites for hydroxylation is 1. The maximum absolute atomic E-state index is 6.14. The highest BCUT2D eigenvalue weighted by atomic mass is 15.2. The molecule has 0 fully saturated rings. The molecule has 2 nitrogen and oxygen atoms in total. The molecule has 0 saturated heterocycles. The Morgan fingerprint density at radius 3 is 2.87 bits per heavy atom. The van der Waals surface area contributed by atoms with E-state index >= 15 is 0 Å². The Labute approximate surface area is 92.1 Å². The van der Waals surface area contributed by atoms with Gasteiger partial charge in [-0.25, -0.2) is 0 Å². The molecule has 1 aliphatic heterocycles. The normalized spacial score (nSPS) is 19.8. The topological polar surface area (TPSA) is 29.3 Å². The predicted molar refractivity (Wildman–Crippen MR) is 65.2 cm³/mol. The third-order valence-corrected chi connectivity index (χ3v) is 2.93. The Morgan fingerprint density at radius 1 is 1.47 bits per heavy atom. The lowest BCUT2D eigenvalue weighted by Gasteiger charge is -2.21. The third kappa shape index (κ3) is 2.00. The van der Waals surface area contributed by atoms with E-state index in [0.717, 1.165) is 13.1 Å². The van der Waals surface area contributed by atoms with Crippen molar-refractivity contribution in [3.05, 3.63) is 29.3 Å². The van der Waals surface area contributed by atoms with Gasteiger partial charge in [-0.15, -0.1) is 0 Å². The van der Waals surface area contributed by atoms with E-state index in [0.29, 0.717) is 5.92 Å². The Hall–Kier alpha value is -1.02. The minimum atomic E-state index is 0.193. The highest BCUT2D eigenvalue weighted by Crippen LogP contribution is 2.34. The summed E-state index contributed by atoms with van der Waals surface area (Å²) in [4.78, 5) is 2.41. The van der Waals surface area contributed by atoms with Crippen molar-refractivity contribution in [2.24, 2.45) is 11.7 Å². The van der Waals surface area contributed by atoms with Crippen LogP contribution in [0, 0.1) is 12.8 Å². The molecule has 1 heterocycles. The van der Waals surface area contributed by atoms with Crippen LogP contribution >= 0.6 is 0 Å². The van der Waals surface area contributed by atoms with Crippen LogP contribution in [0.3, 0.4) is 0 Å². The molecule has 82 valence electrons. The van der Waals surface area contributed by atoms with Gasteiger partial charge in [0.25, 0.3) is 0 Å². The summed E-state index contributed by atoms with van der Waals surface area (Å²) in [5.41, 5.74) is 10.1. The molecular weight excluding hydrogens is 184 g/mol. The second-order valence-electron chi connectivity index (χ2n) is 4.97. The Morgan fingerprint density at radius 2 is 2.20 bits per heavy atom. The van der Waals surface area contributed by atoms with Crippen LogP contribution in [-0.2, 0) is 0 Å². The SMILES string of the molecule is Cc1ccc2c(c1)[C@@H](N)CN2CC(C)C. The molecule has 0 amide bonds. The third-order valence-electron chi connectivity index (χ3n) is 2.93. The van der Waals surface area contributed by atoms with E-state index in [4.69, 9.17) is 5.73 Å². The molecule has 1 aliphatic rings. The number of nitrogens with two attached hydrogens (primary N) is 1. The lowest BCUT2D eigenvalue weighted by molar-refractivity contribution is 0.603. The monoisotopic (exact) mass is 204 g/mol. The van der Waals surface area contributed by atoms with Gasteiger partial charge in [0.2, 0.25) is 0 Å². The summed E-state index contributed by atoms with van der Waals surface area (Å²) >= 11 is 0. The highest BCUT2D eigenvalue weighted by molar-refractivity contribution is 5.60. The molecule has 15 heavy (non-hydrogen) atoms. The number of rotatable bonds is 2. The zero-order valence-corrected chi connectivity index (χ0v) is 9.83. The van der Waals surface area contributed by atoms with Crippen LogP contribution in [-0.4, -0.2) is 13.1 Å². The molecule has 2 rings (SSSR count). The summed E-state index contributed by atoms with van der Waals surface area (Å²) in [6, 6.07) is 6.79. The first-order chi connectivity index (χ1) is 7.08. The molecule has 0 aliphatic carbocycles. The maximum atomic E-state index is 6.14. The van der Waals surface area contributed by atoms with E-state index in [1.54, 1.807) is 0 Å². The van der Waals surface area contributed by atoms with Crippen LogP contribution in [0.4, 0.5) is 5.69 Å². The van der Waals surface area contributed by atoms with E-state index in [9.17, 15) is 0 Å². The van der Waals surface area contributed by atoms with Crippen molar-refractivity contribution in [3.8, 4) is 0 Å². The number of hydrogen-bond acceptors (Lipinski definition) is 2. The van der Waals surface area contributed by atoms with Gasteiger partial charge in [0.1, 0.15) is 0 Å². The van der Waals surface area contributed by atoms with Gasteiger partial charge in [-0.05, 0) is 24.5 Å². The fourth-order valence-corrected chi connectivity index (χ4v) is 2.31. The van der Waals surface area contributed by atoms with Gasteiger partial charge in [0, 0.05) is 24.8 Å². The Kier molecular flexibility index (Phi) is 2.70. The minimum absolute atomic E-state index is 0.193. The zero-order valence-electron chi connectivity index (χ0n) is 9.83. The largest absolute Gasteiger partial charge is 0.369 e. The molecule has 0 unspecified atom stereocenters. The quantitative estimate of drug-likeness (QED) is 0.802. The molecule has 0 aromatic heterocycles. The Bertz CT molecular complexity index is 358. The van der Waals surface area contributed by atoms with Crippen LogP contribution in [0.1, 0.15) is 31.0 Å². The van der Waals surface area contributed by atoms with Gasteiger partial charge in [0.15, 0.2) is 0 Å². The molecule has 0 saturated carbocycles. The van der Waals surface area contributed by atoms with Crippen LogP contribution in [0.15, 0.2) is 18.2 Å². The van der Waals surface area contributed by atoms with Gasteiger partial charge in [-0.2, -0.15) is 0 Å². The standard InChI is InChI=1S/C13H20N2/c1-9(2)7-15-8-12(14)11-6-10(3)4-5-13(11)15/h4-6,9,12H,7-8,14H2,1-3H3/t12-/m0/s1. The molecule has 0 radical (unpaired) electrons. The van der Waals surface area contributed by atoms with Crippen LogP contribution < -0.4 is 10.6 Å². The lowest BCUT2D eigenvalue weighted by atomic mass is 10.1. The van der Waals surface area contributed by atoms with E-state index < -0.39 is 0 Å². The van der Waals surface area contributed by atoms with Crippen molar-refractivity contribution < 1.29 is 0 Å². The maximum Gasteiger partial charge on any atom is 0.0493 e. The fraction of sp³-hybridized carbons (Fsp3) is 0.538. The van der Waals surface area contributed by atoms with Crippen molar-refractivity contribution in [1.29, 1.82) is 0 Å². The molecule has 1 aromatic carbocycles. The van der Waals surface area contributed by atoms with Crippen molar-refractivity contribution >= 4 is 5.69 Å². The molecule has 2 heteroatoms. The van der Waals surface area contributed by atoms with Crippen molar-refractivity contribution in [1.82, 2.24) is 0 Å². The summed E-state index contributed by atoms with van der Waals surface area (Å²) in [6.07, 6.45) is 0. The summed E-state index contributed by atoms with van der Waals surface area (Å²) in [6.45, 7) is 8.69. The molecule has 2 N–H and O–H groups in total. The van der Waals surface area contributed by atoms with Crippen molar-refractivity contribution in [2.75, 3.05) is 18.0 Å². The number of benzene rings is 1. The van der Waals surface area contributed by atoms with E-state index in [1.165, 1.54) is 16.8 Å². The summed E-state index contributed by atoms with van der Waals surface area (Å²) in [7, 11) is 0. The fourth-order valence-electron chi connectivity index (χ4n) is 2.31. The lowest BCUT2D eigenvalue weighted by Crippen LogP contribution is -2.28. The summed E-state index contributed by atoms with van der Waals surface area (Å²) in [5, 5.41) is 0. The highest BCUT2D eigenvalue weighted by Gasteiger charge is 2.25. The minimum Gasteiger partial charge on any atom is -0.369 e. The smallest absolute Gasteiger partial charge is 0.0493 e. The predicted octanol–water partition coefficient (Wildman–Crippen LogP) is 2.47. The van der Waals surface area contributed by atoms with Gasteiger partial charge in [0.05, 0.1) is 0 Å².